The smallest absolute Gasteiger partial charge is 0.194 e. The molecule has 1 aromatic carbocycles. The molecule has 0 bridgehead atoms. The molecule has 0 unspecified atom stereocenters. The summed E-state index contributed by atoms with van der Waals surface area (Å²) >= 11 is 5.60. The summed E-state index contributed by atoms with van der Waals surface area (Å²) in [6.07, 6.45) is 2.92. The van der Waals surface area contributed by atoms with Crippen molar-refractivity contribution >= 4 is 11.6 Å². The zero-order chi connectivity index (χ0) is 13.0. The number of oxazole rings is 1. The van der Waals surface area contributed by atoms with Crippen LogP contribution in [0, 0.1) is 5.82 Å². The van der Waals surface area contributed by atoms with E-state index in [4.69, 9.17) is 20.8 Å². The highest BCUT2D eigenvalue weighted by atomic mass is 35.5. The second-order valence-corrected chi connectivity index (χ2v) is 4.11. The molecule has 0 aliphatic heterocycles. The first-order chi connectivity index (χ1) is 8.76. The Morgan fingerprint density at radius 3 is 3.00 bits per heavy atom. The van der Waals surface area contributed by atoms with Gasteiger partial charge in [-0.15, -0.1) is 11.6 Å². The minimum absolute atomic E-state index is 0.296. The van der Waals surface area contributed by atoms with Gasteiger partial charge in [-0.3, -0.25) is 0 Å². The van der Waals surface area contributed by atoms with Crippen LogP contribution in [0.4, 0.5) is 4.39 Å². The fraction of sp³-hybridized carbons (Fsp3) is 0.308. The topological polar surface area (TPSA) is 35.3 Å². The molecule has 0 atom stereocenters. The van der Waals surface area contributed by atoms with Crippen molar-refractivity contribution in [2.24, 2.45) is 0 Å². The van der Waals surface area contributed by atoms with Crippen molar-refractivity contribution < 1.29 is 13.5 Å². The second kappa shape index (κ2) is 5.87. The number of halogens is 2. The van der Waals surface area contributed by atoms with E-state index in [2.05, 4.69) is 4.98 Å². The number of aryl methyl sites for hydroxylation is 1. The molecular weight excluding hydrogens is 257 g/mol. The van der Waals surface area contributed by atoms with Crippen molar-refractivity contribution in [3.8, 4) is 17.1 Å². The highest BCUT2D eigenvalue weighted by Crippen LogP contribution is 2.32. The van der Waals surface area contributed by atoms with E-state index in [9.17, 15) is 4.39 Å². The first kappa shape index (κ1) is 12.9. The van der Waals surface area contributed by atoms with Crippen molar-refractivity contribution in [3.63, 3.8) is 0 Å². The number of nitrogens with zero attached hydrogens (tertiary/aromatic N) is 1. The molecule has 2 rings (SSSR count). The van der Waals surface area contributed by atoms with Crippen LogP contribution in [-0.2, 0) is 6.42 Å². The molecule has 0 saturated carbocycles. The fourth-order valence-electron chi connectivity index (χ4n) is 1.67. The number of alkyl halides is 1. The van der Waals surface area contributed by atoms with Crippen LogP contribution >= 0.6 is 11.6 Å². The van der Waals surface area contributed by atoms with E-state index in [0.29, 0.717) is 35.3 Å². The summed E-state index contributed by atoms with van der Waals surface area (Å²) in [5, 5.41) is 0. The minimum atomic E-state index is -0.394. The van der Waals surface area contributed by atoms with Gasteiger partial charge in [-0.2, -0.15) is 0 Å². The Balaban J connectivity index is 2.33. The van der Waals surface area contributed by atoms with Crippen LogP contribution in [0.2, 0.25) is 0 Å². The van der Waals surface area contributed by atoms with Gasteiger partial charge in [-0.25, -0.2) is 9.37 Å². The van der Waals surface area contributed by atoms with E-state index >= 15 is 0 Å². The molecule has 5 heteroatoms. The third-order valence-corrected chi connectivity index (χ3v) is 2.79. The number of aromatic nitrogens is 1. The highest BCUT2D eigenvalue weighted by Gasteiger charge is 2.16. The van der Waals surface area contributed by atoms with Gasteiger partial charge in [0.1, 0.15) is 11.6 Å². The molecule has 0 aliphatic carbocycles. The van der Waals surface area contributed by atoms with Crippen LogP contribution < -0.4 is 4.74 Å². The minimum Gasteiger partial charge on any atom is -0.496 e. The number of hydrogen-bond acceptors (Lipinski definition) is 3. The van der Waals surface area contributed by atoms with Gasteiger partial charge >= 0.3 is 0 Å². The van der Waals surface area contributed by atoms with Gasteiger partial charge in [0.05, 0.1) is 18.9 Å². The van der Waals surface area contributed by atoms with Crippen LogP contribution in [0.3, 0.4) is 0 Å². The zero-order valence-electron chi connectivity index (χ0n) is 9.95. The SMILES string of the molecule is COc1cccc(F)c1-c1cnc(CCCCl)o1. The molecule has 0 radical (unpaired) electrons. The average Bonchev–Trinajstić information content (AvgIpc) is 2.84. The van der Waals surface area contributed by atoms with Crippen LogP contribution in [0.5, 0.6) is 5.75 Å². The zero-order valence-corrected chi connectivity index (χ0v) is 10.7. The molecule has 0 aliphatic rings. The molecule has 2 aromatic rings. The van der Waals surface area contributed by atoms with Crippen LogP contribution in [0.15, 0.2) is 28.8 Å². The summed E-state index contributed by atoms with van der Waals surface area (Å²) in [6.45, 7) is 0. The molecule has 0 amide bonds. The molecule has 0 spiro atoms. The lowest BCUT2D eigenvalue weighted by Gasteiger charge is -2.06. The predicted molar refractivity (Wildman–Crippen MR) is 67.5 cm³/mol. The quantitative estimate of drug-likeness (QED) is 0.777. The molecule has 0 N–H and O–H groups in total. The lowest BCUT2D eigenvalue weighted by molar-refractivity contribution is 0.410. The monoisotopic (exact) mass is 269 g/mol. The van der Waals surface area contributed by atoms with Crippen molar-refractivity contribution in [2.45, 2.75) is 12.8 Å². The number of methoxy groups -OCH3 is 1. The van der Waals surface area contributed by atoms with E-state index in [1.54, 1.807) is 12.1 Å². The number of ether oxygens (including phenoxy) is 1. The summed E-state index contributed by atoms with van der Waals surface area (Å²) in [5.41, 5.74) is 0.296. The molecule has 0 fully saturated rings. The third-order valence-electron chi connectivity index (χ3n) is 2.52. The summed E-state index contributed by atoms with van der Waals surface area (Å²) in [4.78, 5) is 4.10. The molecule has 18 heavy (non-hydrogen) atoms. The molecule has 1 aromatic heterocycles. The third kappa shape index (κ3) is 2.64. The summed E-state index contributed by atoms with van der Waals surface area (Å²) in [7, 11) is 1.49. The lowest BCUT2D eigenvalue weighted by atomic mass is 10.1. The highest BCUT2D eigenvalue weighted by molar-refractivity contribution is 6.17. The number of rotatable bonds is 5. The van der Waals surface area contributed by atoms with Crippen LogP contribution in [-0.4, -0.2) is 18.0 Å². The molecule has 0 saturated heterocycles. The van der Waals surface area contributed by atoms with E-state index in [-0.39, 0.29) is 0 Å². The van der Waals surface area contributed by atoms with Gasteiger partial charge in [-0.1, -0.05) is 6.07 Å². The van der Waals surface area contributed by atoms with E-state index in [1.165, 1.54) is 19.4 Å². The van der Waals surface area contributed by atoms with E-state index < -0.39 is 5.82 Å². The Morgan fingerprint density at radius 1 is 1.44 bits per heavy atom. The predicted octanol–water partition coefficient (Wildman–Crippen LogP) is 3.66. The summed E-state index contributed by atoms with van der Waals surface area (Å²) < 4.78 is 24.4. The van der Waals surface area contributed by atoms with Crippen LogP contribution in [0.25, 0.3) is 11.3 Å². The Labute approximate surface area is 110 Å². The van der Waals surface area contributed by atoms with Gasteiger partial charge < -0.3 is 9.15 Å². The summed E-state index contributed by atoms with van der Waals surface area (Å²) in [5.74, 6) is 1.50. The fourth-order valence-corrected chi connectivity index (χ4v) is 1.81. The second-order valence-electron chi connectivity index (χ2n) is 3.73. The number of hydrogen-bond donors (Lipinski definition) is 0. The standard InChI is InChI=1S/C13H13ClFNO2/c1-17-10-5-2-4-9(15)13(10)11-8-16-12(18-11)6-3-7-14/h2,4-5,8H,3,6-7H2,1H3. The largest absolute Gasteiger partial charge is 0.496 e. The van der Waals surface area contributed by atoms with E-state index in [1.807, 2.05) is 0 Å². The van der Waals surface area contributed by atoms with Gasteiger partial charge in [0.2, 0.25) is 0 Å². The van der Waals surface area contributed by atoms with Gasteiger partial charge in [0.25, 0.3) is 0 Å². The first-order valence-electron chi connectivity index (χ1n) is 5.59. The Bertz CT molecular complexity index is 527. The number of benzene rings is 1. The average molecular weight is 270 g/mol. The maximum absolute atomic E-state index is 13.8. The Morgan fingerprint density at radius 2 is 2.28 bits per heavy atom. The maximum atomic E-state index is 13.8. The van der Waals surface area contributed by atoms with Crippen molar-refractivity contribution in [1.29, 1.82) is 0 Å². The molecule has 1 heterocycles. The Hall–Kier alpha value is -1.55. The summed E-state index contributed by atoms with van der Waals surface area (Å²) in [6, 6.07) is 4.63. The van der Waals surface area contributed by atoms with Crippen molar-refractivity contribution in [2.75, 3.05) is 13.0 Å². The normalized spacial score (nSPS) is 10.6. The van der Waals surface area contributed by atoms with Gasteiger partial charge in [-0.05, 0) is 18.6 Å². The van der Waals surface area contributed by atoms with Gasteiger partial charge in [0, 0.05) is 12.3 Å². The van der Waals surface area contributed by atoms with Crippen molar-refractivity contribution in [3.05, 3.63) is 36.1 Å². The molecular formula is C13H13ClFNO2. The van der Waals surface area contributed by atoms with Crippen LogP contribution in [0.1, 0.15) is 12.3 Å². The first-order valence-corrected chi connectivity index (χ1v) is 6.13. The lowest BCUT2D eigenvalue weighted by Crippen LogP contribution is -1.90. The maximum Gasteiger partial charge on any atom is 0.194 e. The van der Waals surface area contributed by atoms with E-state index in [0.717, 1.165) is 6.42 Å². The Kier molecular flexibility index (Phi) is 4.20. The molecule has 96 valence electrons. The molecule has 3 nitrogen and oxygen atoms in total. The van der Waals surface area contributed by atoms with Gasteiger partial charge in [0.15, 0.2) is 11.7 Å². The van der Waals surface area contributed by atoms with Crippen molar-refractivity contribution in [1.82, 2.24) is 4.98 Å².